The largest absolute Gasteiger partial charge is 0.407 e. The highest BCUT2D eigenvalue weighted by Gasteiger charge is 2.81. The number of fused-ring (bicyclic) bond motifs is 2. The fourth-order valence-corrected chi connectivity index (χ4v) is 10.4. The predicted molar refractivity (Wildman–Crippen MR) is 127 cm³/mol. The summed E-state index contributed by atoms with van der Waals surface area (Å²) in [6, 6.07) is 10.9. The Hall–Kier alpha value is -0.843. The van der Waals surface area contributed by atoms with Crippen LogP contribution in [0.2, 0.25) is 19.6 Å². The summed E-state index contributed by atoms with van der Waals surface area (Å²) in [5.74, 6) is 0.927. The van der Waals surface area contributed by atoms with Crippen molar-refractivity contribution in [1.82, 2.24) is 0 Å². The lowest BCUT2D eigenvalue weighted by Crippen LogP contribution is -2.74. The molecule has 0 aliphatic heterocycles. The van der Waals surface area contributed by atoms with Crippen molar-refractivity contribution < 1.29 is 9.22 Å². The van der Waals surface area contributed by atoms with E-state index in [0.29, 0.717) is 34.2 Å². The van der Waals surface area contributed by atoms with E-state index in [1.54, 1.807) is 0 Å². The van der Waals surface area contributed by atoms with Gasteiger partial charge in [0.1, 0.15) is 0 Å². The summed E-state index contributed by atoms with van der Waals surface area (Å²) in [5.41, 5.74) is 2.92. The van der Waals surface area contributed by atoms with Gasteiger partial charge in [0.2, 0.25) is 0 Å². The van der Waals surface area contributed by atoms with Crippen LogP contribution in [-0.2, 0) is 9.22 Å². The molecule has 2 nitrogen and oxygen atoms in total. The van der Waals surface area contributed by atoms with E-state index in [4.69, 9.17) is 4.43 Å². The number of hydrogen-bond donors (Lipinski definition) is 0. The van der Waals surface area contributed by atoms with Gasteiger partial charge in [-0.05, 0) is 99.2 Å². The Morgan fingerprint density at radius 3 is 2.33 bits per heavy atom. The Morgan fingerprint density at radius 1 is 1.03 bits per heavy atom. The maximum Gasteiger partial charge on any atom is 0.185 e. The third-order valence-electron chi connectivity index (χ3n) is 8.39. The standard InChI is InChI=1S/C26H36O2SSi/c1-18-20(12-9-13-21(18)27)26(28-30(3,4)5)22-24(2,14-15-25(22)16-17-25)23(26)29-19-10-7-6-8-11-19/h6-8,10-11,22-23H,9,12-17H2,1-5H3/t22-,23-,24-,26+/m1/s1. The first kappa shape index (κ1) is 21.0. The van der Waals surface area contributed by atoms with E-state index in [2.05, 4.69) is 63.8 Å². The average molecular weight is 441 g/mol. The highest BCUT2D eigenvalue weighted by molar-refractivity contribution is 8.00. The monoisotopic (exact) mass is 440 g/mol. The molecule has 5 rings (SSSR count). The van der Waals surface area contributed by atoms with Gasteiger partial charge in [-0.3, -0.25) is 4.79 Å². The van der Waals surface area contributed by atoms with Crippen LogP contribution in [0.5, 0.6) is 0 Å². The topological polar surface area (TPSA) is 26.3 Å². The van der Waals surface area contributed by atoms with Gasteiger partial charge in [-0.2, -0.15) is 0 Å². The average Bonchev–Trinajstić information content (AvgIpc) is 3.40. The van der Waals surface area contributed by atoms with Crippen LogP contribution in [0, 0.1) is 16.7 Å². The van der Waals surface area contributed by atoms with E-state index >= 15 is 0 Å². The van der Waals surface area contributed by atoms with Gasteiger partial charge in [0.15, 0.2) is 14.1 Å². The number of carbonyl (C=O) groups excluding carboxylic acids is 1. The molecule has 0 bridgehead atoms. The zero-order valence-corrected chi connectivity index (χ0v) is 21.0. The Morgan fingerprint density at radius 2 is 1.70 bits per heavy atom. The van der Waals surface area contributed by atoms with Gasteiger partial charge in [0.25, 0.3) is 0 Å². The zero-order valence-electron chi connectivity index (χ0n) is 19.2. The molecule has 0 saturated heterocycles. The molecule has 1 aromatic carbocycles. The lowest BCUT2D eigenvalue weighted by molar-refractivity contribution is -0.148. The molecule has 1 aromatic rings. The molecule has 0 unspecified atom stereocenters. The summed E-state index contributed by atoms with van der Waals surface area (Å²) in [6.07, 6.45) is 8.09. The molecule has 3 saturated carbocycles. The van der Waals surface area contributed by atoms with Crippen LogP contribution >= 0.6 is 11.8 Å². The summed E-state index contributed by atoms with van der Waals surface area (Å²) in [6.45, 7) is 11.6. The molecule has 0 radical (unpaired) electrons. The second-order valence-electron chi connectivity index (χ2n) is 11.5. The molecule has 1 spiro atoms. The maximum atomic E-state index is 12.9. The Kier molecular flexibility index (Phi) is 4.78. The fraction of sp³-hybridized carbons (Fsp3) is 0.654. The quantitative estimate of drug-likeness (QED) is 0.460. The van der Waals surface area contributed by atoms with Crippen LogP contribution in [0.3, 0.4) is 0 Å². The first-order valence-electron chi connectivity index (χ1n) is 11.8. The zero-order chi connectivity index (χ0) is 21.4. The predicted octanol–water partition coefficient (Wildman–Crippen LogP) is 7.02. The van der Waals surface area contributed by atoms with Gasteiger partial charge >= 0.3 is 0 Å². The van der Waals surface area contributed by atoms with Crippen LogP contribution < -0.4 is 0 Å². The lowest BCUT2D eigenvalue weighted by atomic mass is 9.47. The van der Waals surface area contributed by atoms with Crippen molar-refractivity contribution in [1.29, 1.82) is 0 Å². The Labute approximate surface area is 187 Å². The van der Waals surface area contributed by atoms with Gasteiger partial charge in [-0.1, -0.05) is 25.1 Å². The number of allylic oxidation sites excluding steroid dienone is 1. The van der Waals surface area contributed by atoms with Crippen molar-refractivity contribution in [3.8, 4) is 0 Å². The Bertz CT molecular complexity index is 897. The molecular weight excluding hydrogens is 404 g/mol. The minimum atomic E-state index is -1.84. The van der Waals surface area contributed by atoms with Gasteiger partial charge in [0, 0.05) is 22.5 Å². The third kappa shape index (κ3) is 2.97. The molecule has 0 N–H and O–H groups in total. The second-order valence-corrected chi connectivity index (χ2v) is 17.1. The van der Waals surface area contributed by atoms with Crippen LogP contribution in [0.25, 0.3) is 0 Å². The number of ketones is 1. The summed E-state index contributed by atoms with van der Waals surface area (Å²) in [7, 11) is -1.84. The van der Waals surface area contributed by atoms with E-state index in [0.717, 1.165) is 18.4 Å². The molecule has 4 aliphatic carbocycles. The Balaban J connectivity index is 1.68. The number of benzene rings is 1. The molecule has 162 valence electrons. The van der Waals surface area contributed by atoms with Crippen molar-refractivity contribution in [2.45, 2.75) is 94.2 Å². The molecule has 3 fully saturated rings. The number of thioether (sulfide) groups is 1. The third-order valence-corrected chi connectivity index (χ3v) is 11.0. The van der Waals surface area contributed by atoms with Crippen LogP contribution in [-0.4, -0.2) is 25.0 Å². The van der Waals surface area contributed by atoms with Crippen LogP contribution in [0.15, 0.2) is 46.4 Å². The van der Waals surface area contributed by atoms with E-state index in [-0.39, 0.29) is 5.60 Å². The minimum Gasteiger partial charge on any atom is -0.407 e. The van der Waals surface area contributed by atoms with Gasteiger partial charge in [-0.15, -0.1) is 11.8 Å². The van der Waals surface area contributed by atoms with Crippen molar-refractivity contribution >= 4 is 25.9 Å². The van der Waals surface area contributed by atoms with Crippen LogP contribution in [0.1, 0.15) is 58.8 Å². The minimum absolute atomic E-state index is 0.257. The van der Waals surface area contributed by atoms with Gasteiger partial charge in [-0.25, -0.2) is 0 Å². The molecule has 30 heavy (non-hydrogen) atoms. The van der Waals surface area contributed by atoms with E-state index in [1.807, 2.05) is 11.8 Å². The fourth-order valence-electron chi connectivity index (χ4n) is 7.31. The first-order valence-corrected chi connectivity index (χ1v) is 16.1. The van der Waals surface area contributed by atoms with Gasteiger partial charge < -0.3 is 4.43 Å². The summed E-state index contributed by atoms with van der Waals surface area (Å²) < 4.78 is 7.37. The van der Waals surface area contributed by atoms with Gasteiger partial charge in [0.05, 0.1) is 5.60 Å². The first-order chi connectivity index (χ1) is 14.1. The number of rotatable bonds is 5. The van der Waals surface area contributed by atoms with E-state index < -0.39 is 8.32 Å². The van der Waals surface area contributed by atoms with E-state index in [9.17, 15) is 4.79 Å². The molecule has 0 amide bonds. The number of Topliss-reactive ketones (excluding diaryl/α,β-unsaturated/α-hetero) is 1. The maximum absolute atomic E-state index is 12.9. The second kappa shape index (κ2) is 6.83. The molecule has 4 atom stereocenters. The molecule has 4 aliphatic rings. The summed E-state index contributed by atoms with van der Waals surface area (Å²) in [5, 5.41) is 0.389. The van der Waals surface area contributed by atoms with Crippen LogP contribution in [0.4, 0.5) is 0 Å². The summed E-state index contributed by atoms with van der Waals surface area (Å²) >= 11 is 2.03. The molecule has 4 heteroatoms. The highest BCUT2D eigenvalue weighted by atomic mass is 32.2. The normalized spacial score (nSPS) is 37.3. The smallest absolute Gasteiger partial charge is 0.185 e. The highest BCUT2D eigenvalue weighted by Crippen LogP contribution is 2.82. The summed E-state index contributed by atoms with van der Waals surface area (Å²) in [4.78, 5) is 14.2. The number of hydrogen-bond acceptors (Lipinski definition) is 3. The van der Waals surface area contributed by atoms with E-state index in [1.165, 1.54) is 36.2 Å². The number of carbonyl (C=O) groups is 1. The lowest BCUT2D eigenvalue weighted by Gasteiger charge is -2.69. The molecule has 0 aromatic heterocycles. The molecule has 0 heterocycles. The van der Waals surface area contributed by atoms with Crippen molar-refractivity contribution in [3.63, 3.8) is 0 Å². The molecular formula is C26H36O2SSi. The van der Waals surface area contributed by atoms with Crippen molar-refractivity contribution in [2.75, 3.05) is 0 Å². The SMILES string of the molecule is CC1=C([C@@]2(O[Si](C)(C)C)[C@H](Sc3ccccc3)[C@]3(C)CCC4(CC4)[C@@H]32)CCCC1=O. The van der Waals surface area contributed by atoms with Crippen molar-refractivity contribution in [3.05, 3.63) is 41.5 Å². The van der Waals surface area contributed by atoms with Crippen molar-refractivity contribution in [2.24, 2.45) is 16.7 Å².